The third kappa shape index (κ3) is 9.04. The van der Waals surface area contributed by atoms with Crippen LogP contribution in [0, 0.1) is 0 Å². The minimum Gasteiger partial charge on any atom is -0.457 e. The molecule has 0 aliphatic carbocycles. The Bertz CT molecular complexity index is 2710. The van der Waals surface area contributed by atoms with Gasteiger partial charge in [0.2, 0.25) is 0 Å². The number of rotatable bonds is 14. The Balaban J connectivity index is 0.812. The minimum atomic E-state index is -0.408. The van der Waals surface area contributed by atoms with Gasteiger partial charge in [0.15, 0.2) is 0 Å². The molecule has 2 aliphatic rings. The molecule has 0 fully saturated rings. The van der Waals surface area contributed by atoms with E-state index in [-0.39, 0.29) is 0 Å². The van der Waals surface area contributed by atoms with Gasteiger partial charge in [0.05, 0.1) is 11.4 Å². The number of benzene rings is 7. The lowest BCUT2D eigenvalue weighted by Gasteiger charge is -2.15. The highest BCUT2D eigenvalue weighted by atomic mass is 16.5. The normalized spacial score (nSPS) is 13.1. The summed E-state index contributed by atoms with van der Waals surface area (Å²) in [4.78, 5) is 50.7. The van der Waals surface area contributed by atoms with Crippen molar-refractivity contribution in [2.45, 2.75) is 0 Å². The van der Waals surface area contributed by atoms with Gasteiger partial charge in [-0.15, -0.1) is 0 Å². The van der Waals surface area contributed by atoms with E-state index in [4.69, 9.17) is 28.4 Å². The molecule has 9 rings (SSSR count). The van der Waals surface area contributed by atoms with E-state index >= 15 is 0 Å². The van der Waals surface area contributed by atoms with E-state index in [1.807, 2.05) is 42.5 Å². The first-order valence-corrected chi connectivity index (χ1v) is 19.2. The van der Waals surface area contributed by atoms with Crippen molar-refractivity contribution in [3.63, 3.8) is 0 Å². The van der Waals surface area contributed by atoms with Crippen LogP contribution in [0.2, 0.25) is 0 Å². The highest BCUT2D eigenvalue weighted by Crippen LogP contribution is 2.36. The zero-order valence-electron chi connectivity index (χ0n) is 32.5. The smallest absolute Gasteiger partial charge is 0.258 e. The van der Waals surface area contributed by atoms with Gasteiger partial charge >= 0.3 is 0 Å². The molecule has 7 aromatic rings. The maximum absolute atomic E-state index is 12.1. The molecule has 0 saturated carbocycles. The molecule has 0 aromatic heterocycles. The lowest BCUT2D eigenvalue weighted by Crippen LogP contribution is -2.29. The van der Waals surface area contributed by atoms with Crippen molar-refractivity contribution in [3.05, 3.63) is 194 Å². The molecule has 0 spiro atoms. The van der Waals surface area contributed by atoms with Gasteiger partial charge in [0.1, 0.15) is 69.0 Å². The van der Waals surface area contributed by atoms with E-state index in [1.165, 1.54) is 24.3 Å². The molecule has 0 bridgehead atoms. The fourth-order valence-corrected chi connectivity index (χ4v) is 6.50. The second kappa shape index (κ2) is 17.1. The molecule has 0 N–H and O–H groups in total. The van der Waals surface area contributed by atoms with Crippen molar-refractivity contribution in [2.75, 3.05) is 9.80 Å². The number of amides is 4. The molecule has 0 radical (unpaired) electrons. The van der Waals surface area contributed by atoms with E-state index in [0.29, 0.717) is 80.4 Å². The minimum absolute atomic E-state index is 0.408. The SMILES string of the molecule is O=C1C=CC(=O)N1c1cccc(Oc2cccc(Oc3cccc(Oc4cccc(Oc5cccc(Oc6cccc(Oc7cccc(N8C(=O)C=CC8=O)c7)c6)c5)c4)c3)c2)c1. The highest BCUT2D eigenvalue weighted by Gasteiger charge is 2.26. The van der Waals surface area contributed by atoms with Crippen LogP contribution in [-0.2, 0) is 19.2 Å². The predicted octanol–water partition coefficient (Wildman–Crippen LogP) is 11.3. The summed E-state index contributed by atoms with van der Waals surface area (Å²) in [6, 6.07) is 49.2. The number of imide groups is 2. The number of anilines is 2. The Hall–Kier alpha value is -8.90. The monoisotopic (exact) mass is 820 g/mol. The molecule has 12 nitrogen and oxygen atoms in total. The van der Waals surface area contributed by atoms with Gasteiger partial charge in [-0.05, 0) is 84.9 Å². The summed E-state index contributed by atoms with van der Waals surface area (Å²) in [6.07, 6.45) is 4.93. The Labute approximate surface area is 354 Å². The summed E-state index contributed by atoms with van der Waals surface area (Å²) < 4.78 is 36.8. The summed E-state index contributed by atoms with van der Waals surface area (Å²) in [6.45, 7) is 0. The van der Waals surface area contributed by atoms with Crippen LogP contribution in [0.25, 0.3) is 0 Å². The van der Waals surface area contributed by atoms with E-state index in [9.17, 15) is 19.2 Å². The number of nitrogens with zero attached hydrogens (tertiary/aromatic N) is 2. The second-order valence-electron chi connectivity index (χ2n) is 13.7. The fourth-order valence-electron chi connectivity index (χ4n) is 6.50. The molecular weight excluding hydrogens is 789 g/mol. The first-order chi connectivity index (χ1) is 30.3. The molecule has 2 heterocycles. The van der Waals surface area contributed by atoms with Crippen LogP contribution < -0.4 is 38.2 Å². The lowest BCUT2D eigenvalue weighted by atomic mass is 10.2. The Morgan fingerprint density at radius 2 is 0.419 bits per heavy atom. The lowest BCUT2D eigenvalue weighted by molar-refractivity contribution is -0.121. The van der Waals surface area contributed by atoms with E-state index in [1.54, 1.807) is 127 Å². The quantitative estimate of drug-likeness (QED) is 0.0977. The molecule has 302 valence electrons. The zero-order chi connectivity index (χ0) is 42.4. The summed E-state index contributed by atoms with van der Waals surface area (Å²) in [5, 5.41) is 0. The van der Waals surface area contributed by atoms with Crippen molar-refractivity contribution in [2.24, 2.45) is 0 Å². The molecule has 4 amide bonds. The Morgan fingerprint density at radius 1 is 0.242 bits per heavy atom. The van der Waals surface area contributed by atoms with Crippen molar-refractivity contribution in [1.29, 1.82) is 0 Å². The van der Waals surface area contributed by atoms with Gasteiger partial charge in [0, 0.05) is 66.8 Å². The number of carbonyl (C=O) groups is 4. The van der Waals surface area contributed by atoms with Crippen molar-refractivity contribution in [3.8, 4) is 69.0 Å². The number of hydrogen-bond acceptors (Lipinski definition) is 10. The average Bonchev–Trinajstić information content (AvgIpc) is 3.79. The highest BCUT2D eigenvalue weighted by molar-refractivity contribution is 6.28. The third-order valence-electron chi connectivity index (χ3n) is 9.21. The molecule has 12 heteroatoms. The van der Waals surface area contributed by atoms with Crippen LogP contribution in [0.4, 0.5) is 11.4 Å². The van der Waals surface area contributed by atoms with Gasteiger partial charge in [-0.25, -0.2) is 9.80 Å². The summed E-state index contributed by atoms with van der Waals surface area (Å²) in [7, 11) is 0. The molecule has 62 heavy (non-hydrogen) atoms. The van der Waals surface area contributed by atoms with Crippen LogP contribution in [0.1, 0.15) is 0 Å². The fraction of sp³-hybridized carbons (Fsp3) is 0. The summed E-state index contributed by atoms with van der Waals surface area (Å²) in [5.74, 6) is 4.48. The maximum Gasteiger partial charge on any atom is 0.258 e. The van der Waals surface area contributed by atoms with Crippen molar-refractivity contribution < 1.29 is 47.6 Å². The van der Waals surface area contributed by atoms with Gasteiger partial charge < -0.3 is 28.4 Å². The molecule has 2 aliphatic heterocycles. The Kier molecular flexibility index (Phi) is 10.7. The maximum atomic E-state index is 12.1. The van der Waals surface area contributed by atoms with Crippen LogP contribution in [0.15, 0.2) is 194 Å². The molecule has 0 atom stereocenters. The molecule has 0 saturated heterocycles. The van der Waals surface area contributed by atoms with Crippen molar-refractivity contribution >= 4 is 35.0 Å². The van der Waals surface area contributed by atoms with Gasteiger partial charge in [-0.3, -0.25) is 19.2 Å². The predicted molar refractivity (Wildman–Crippen MR) is 229 cm³/mol. The Morgan fingerprint density at radius 3 is 0.629 bits per heavy atom. The van der Waals surface area contributed by atoms with Crippen molar-refractivity contribution in [1.82, 2.24) is 0 Å². The summed E-state index contributed by atoms with van der Waals surface area (Å²) >= 11 is 0. The topological polar surface area (TPSA) is 130 Å². The number of carbonyl (C=O) groups excluding carboxylic acids is 4. The number of hydrogen-bond donors (Lipinski definition) is 0. The third-order valence-corrected chi connectivity index (χ3v) is 9.21. The van der Waals surface area contributed by atoms with Crippen LogP contribution in [0.5, 0.6) is 69.0 Å². The van der Waals surface area contributed by atoms with Gasteiger partial charge in [-0.1, -0.05) is 42.5 Å². The average molecular weight is 821 g/mol. The zero-order valence-corrected chi connectivity index (χ0v) is 32.5. The van der Waals surface area contributed by atoms with Gasteiger partial charge in [-0.2, -0.15) is 0 Å². The van der Waals surface area contributed by atoms with Crippen LogP contribution in [-0.4, -0.2) is 23.6 Å². The van der Waals surface area contributed by atoms with Crippen LogP contribution >= 0.6 is 0 Å². The molecular formula is C50H32N2O10. The van der Waals surface area contributed by atoms with E-state index < -0.39 is 23.6 Å². The van der Waals surface area contributed by atoms with E-state index in [0.717, 1.165) is 9.80 Å². The molecule has 7 aromatic carbocycles. The van der Waals surface area contributed by atoms with Crippen LogP contribution in [0.3, 0.4) is 0 Å². The number of ether oxygens (including phenoxy) is 6. The largest absolute Gasteiger partial charge is 0.457 e. The second-order valence-corrected chi connectivity index (χ2v) is 13.7. The van der Waals surface area contributed by atoms with E-state index in [2.05, 4.69) is 0 Å². The first-order valence-electron chi connectivity index (χ1n) is 19.2. The standard InChI is InChI=1S/C50H32N2O10/c53-47-22-23-48(54)51(47)33-8-1-10-35(26-33)57-37-12-3-14-39(28-37)59-41-16-5-18-43(30-41)61-45-20-7-21-46(32-45)62-44-19-6-17-42(31-44)60-40-15-4-13-38(29-40)58-36-11-2-9-34(27-36)52-49(55)24-25-50(52)56/h1-32H. The molecule has 0 unspecified atom stereocenters. The summed E-state index contributed by atoms with van der Waals surface area (Å²) in [5.41, 5.74) is 0.820. The van der Waals surface area contributed by atoms with Gasteiger partial charge in [0.25, 0.3) is 23.6 Å². The first kappa shape index (κ1) is 38.6.